The van der Waals surface area contributed by atoms with E-state index in [0.717, 1.165) is 5.56 Å². The second-order valence-electron chi connectivity index (χ2n) is 5.70. The Morgan fingerprint density at radius 3 is 2.30 bits per heavy atom. The Labute approximate surface area is 155 Å². The number of aliphatic carboxylic acids is 1. The van der Waals surface area contributed by atoms with Crippen molar-refractivity contribution < 1.29 is 28.6 Å². The van der Waals surface area contributed by atoms with Crippen molar-refractivity contribution in [3.05, 3.63) is 71.5 Å². The number of carbonyl (C=O) groups is 3. The molecular formula is C19H19FN2O5. The van der Waals surface area contributed by atoms with E-state index in [1.807, 2.05) is 6.07 Å². The molecule has 0 aromatic heterocycles. The van der Waals surface area contributed by atoms with Crippen LogP contribution in [-0.4, -0.2) is 35.7 Å². The molecule has 142 valence electrons. The maximum atomic E-state index is 12.9. The van der Waals surface area contributed by atoms with Gasteiger partial charge in [0.15, 0.2) is 0 Å². The van der Waals surface area contributed by atoms with Crippen LogP contribution in [0.5, 0.6) is 0 Å². The summed E-state index contributed by atoms with van der Waals surface area (Å²) in [5, 5.41) is 13.8. The van der Waals surface area contributed by atoms with Gasteiger partial charge in [0.2, 0.25) is 5.91 Å². The van der Waals surface area contributed by atoms with E-state index >= 15 is 0 Å². The van der Waals surface area contributed by atoms with Crippen molar-refractivity contribution >= 4 is 18.0 Å². The Morgan fingerprint density at radius 1 is 1.00 bits per heavy atom. The number of nitrogens with one attached hydrogen (secondary N) is 2. The third kappa shape index (κ3) is 7.15. The van der Waals surface area contributed by atoms with Crippen LogP contribution in [0.3, 0.4) is 0 Å². The van der Waals surface area contributed by atoms with Gasteiger partial charge < -0.3 is 20.5 Å². The van der Waals surface area contributed by atoms with E-state index in [-0.39, 0.29) is 13.0 Å². The van der Waals surface area contributed by atoms with E-state index < -0.39 is 36.4 Å². The Kier molecular flexibility index (Phi) is 7.30. The Bertz CT molecular complexity index is 780. The first-order chi connectivity index (χ1) is 12.9. The standard InChI is InChI=1S/C19H19FN2O5/c20-15-8-6-13(7-9-15)10-16(18(24)25)22-17(23)11-21-19(26)27-12-14-4-2-1-3-5-14/h1-9,16H,10-12H2,(H,21,26)(H,22,23)(H,24,25)/t16-/m1/s1. The lowest BCUT2D eigenvalue weighted by molar-refractivity contribution is -0.141. The molecule has 0 unspecified atom stereocenters. The second-order valence-corrected chi connectivity index (χ2v) is 5.70. The van der Waals surface area contributed by atoms with Gasteiger partial charge in [0.1, 0.15) is 25.0 Å². The van der Waals surface area contributed by atoms with Gasteiger partial charge >= 0.3 is 12.1 Å². The fourth-order valence-corrected chi connectivity index (χ4v) is 2.23. The molecule has 7 nitrogen and oxygen atoms in total. The van der Waals surface area contributed by atoms with Gasteiger partial charge in [-0.15, -0.1) is 0 Å². The van der Waals surface area contributed by atoms with Crippen LogP contribution in [0, 0.1) is 5.82 Å². The van der Waals surface area contributed by atoms with Crippen LogP contribution in [0.1, 0.15) is 11.1 Å². The highest BCUT2D eigenvalue weighted by atomic mass is 19.1. The largest absolute Gasteiger partial charge is 0.480 e. The zero-order chi connectivity index (χ0) is 19.6. The number of carbonyl (C=O) groups excluding carboxylic acids is 2. The minimum atomic E-state index is -1.24. The van der Waals surface area contributed by atoms with Gasteiger partial charge in [0.25, 0.3) is 0 Å². The number of ether oxygens (including phenoxy) is 1. The molecule has 8 heteroatoms. The predicted octanol–water partition coefficient (Wildman–Crippen LogP) is 1.86. The summed E-state index contributed by atoms with van der Waals surface area (Å²) in [4.78, 5) is 34.8. The molecule has 27 heavy (non-hydrogen) atoms. The Morgan fingerprint density at radius 2 is 1.67 bits per heavy atom. The SMILES string of the molecule is O=C(CNC(=O)OCc1ccccc1)N[C@H](Cc1ccc(F)cc1)C(=O)O. The van der Waals surface area contributed by atoms with Gasteiger partial charge in [-0.1, -0.05) is 42.5 Å². The fourth-order valence-electron chi connectivity index (χ4n) is 2.23. The summed E-state index contributed by atoms with van der Waals surface area (Å²) in [5.41, 5.74) is 1.35. The lowest BCUT2D eigenvalue weighted by atomic mass is 10.1. The van der Waals surface area contributed by atoms with Crippen LogP contribution < -0.4 is 10.6 Å². The van der Waals surface area contributed by atoms with Gasteiger partial charge in [0, 0.05) is 6.42 Å². The number of hydrogen-bond acceptors (Lipinski definition) is 4. The molecule has 1 atom stereocenters. The monoisotopic (exact) mass is 374 g/mol. The van der Waals surface area contributed by atoms with Gasteiger partial charge in [-0.25, -0.2) is 14.0 Å². The summed E-state index contributed by atoms with van der Waals surface area (Å²) in [6.45, 7) is -0.378. The van der Waals surface area contributed by atoms with Crippen molar-refractivity contribution in [1.82, 2.24) is 10.6 Å². The minimum Gasteiger partial charge on any atom is -0.480 e. The molecule has 0 radical (unpaired) electrons. The van der Waals surface area contributed by atoms with E-state index in [1.165, 1.54) is 24.3 Å². The molecular weight excluding hydrogens is 355 g/mol. The van der Waals surface area contributed by atoms with Crippen LogP contribution >= 0.6 is 0 Å². The maximum absolute atomic E-state index is 12.9. The van der Waals surface area contributed by atoms with Crippen LogP contribution in [0.25, 0.3) is 0 Å². The highest BCUT2D eigenvalue weighted by Gasteiger charge is 2.20. The van der Waals surface area contributed by atoms with Crippen molar-refractivity contribution in [3.63, 3.8) is 0 Å². The number of rotatable bonds is 8. The number of hydrogen-bond donors (Lipinski definition) is 3. The minimum absolute atomic E-state index is 0.0141. The second kappa shape index (κ2) is 9.91. The third-order valence-electron chi connectivity index (χ3n) is 3.59. The molecule has 0 aliphatic carbocycles. The molecule has 2 rings (SSSR count). The molecule has 2 amide bonds. The van der Waals surface area contributed by atoms with Crippen molar-refractivity contribution in [2.45, 2.75) is 19.1 Å². The molecule has 0 saturated heterocycles. The normalized spacial score (nSPS) is 11.3. The average Bonchev–Trinajstić information content (AvgIpc) is 2.66. The number of carboxylic acid groups (broad SMARTS) is 1. The summed E-state index contributed by atoms with van der Waals surface area (Å²) in [6, 6.07) is 13.1. The summed E-state index contributed by atoms with van der Waals surface area (Å²) in [7, 11) is 0. The average molecular weight is 374 g/mol. The number of carboxylic acids is 1. The Hall–Kier alpha value is -3.42. The molecule has 0 fully saturated rings. The van der Waals surface area contributed by atoms with Crippen LogP contribution in [0.15, 0.2) is 54.6 Å². The number of amides is 2. The van der Waals surface area contributed by atoms with Gasteiger partial charge in [0.05, 0.1) is 0 Å². The van der Waals surface area contributed by atoms with E-state index in [9.17, 15) is 23.9 Å². The molecule has 0 saturated carbocycles. The topological polar surface area (TPSA) is 105 Å². The molecule has 3 N–H and O–H groups in total. The molecule has 0 spiro atoms. The first-order valence-corrected chi connectivity index (χ1v) is 8.15. The molecule has 2 aromatic carbocycles. The van der Waals surface area contributed by atoms with Crippen LogP contribution in [0.2, 0.25) is 0 Å². The third-order valence-corrected chi connectivity index (χ3v) is 3.59. The van der Waals surface area contributed by atoms with E-state index in [2.05, 4.69) is 10.6 Å². The number of benzene rings is 2. The van der Waals surface area contributed by atoms with Crippen molar-refractivity contribution in [2.75, 3.05) is 6.54 Å². The summed E-state index contributed by atoms with van der Waals surface area (Å²) in [5.74, 6) is -2.35. The maximum Gasteiger partial charge on any atom is 0.407 e. The smallest absolute Gasteiger partial charge is 0.407 e. The first kappa shape index (κ1) is 19.9. The molecule has 0 bridgehead atoms. The Balaban J connectivity index is 1.77. The first-order valence-electron chi connectivity index (χ1n) is 8.15. The number of alkyl carbamates (subject to hydrolysis) is 1. The zero-order valence-electron chi connectivity index (χ0n) is 14.4. The molecule has 0 aliphatic heterocycles. The van der Waals surface area contributed by atoms with Gasteiger partial charge in [-0.2, -0.15) is 0 Å². The predicted molar refractivity (Wildman–Crippen MR) is 94.3 cm³/mol. The van der Waals surface area contributed by atoms with Gasteiger partial charge in [-0.05, 0) is 23.3 Å². The van der Waals surface area contributed by atoms with Crippen LogP contribution in [0.4, 0.5) is 9.18 Å². The zero-order valence-corrected chi connectivity index (χ0v) is 14.4. The van der Waals surface area contributed by atoms with Crippen LogP contribution in [-0.2, 0) is 27.4 Å². The number of halogens is 1. The van der Waals surface area contributed by atoms with Crippen molar-refractivity contribution in [1.29, 1.82) is 0 Å². The highest BCUT2D eigenvalue weighted by molar-refractivity contribution is 5.86. The lowest BCUT2D eigenvalue weighted by Gasteiger charge is -2.15. The summed E-state index contributed by atoms with van der Waals surface area (Å²) in [6.07, 6.45) is -0.806. The highest BCUT2D eigenvalue weighted by Crippen LogP contribution is 2.06. The molecule has 0 aliphatic rings. The summed E-state index contributed by atoms with van der Waals surface area (Å²) >= 11 is 0. The van der Waals surface area contributed by atoms with E-state index in [4.69, 9.17) is 4.74 Å². The van der Waals surface area contributed by atoms with E-state index in [0.29, 0.717) is 5.56 Å². The van der Waals surface area contributed by atoms with Crippen molar-refractivity contribution in [3.8, 4) is 0 Å². The van der Waals surface area contributed by atoms with Crippen molar-refractivity contribution in [2.24, 2.45) is 0 Å². The quantitative estimate of drug-likeness (QED) is 0.654. The lowest BCUT2D eigenvalue weighted by Crippen LogP contribution is -2.46. The molecule has 2 aromatic rings. The van der Waals surface area contributed by atoms with E-state index in [1.54, 1.807) is 24.3 Å². The van der Waals surface area contributed by atoms with Gasteiger partial charge in [-0.3, -0.25) is 4.79 Å². The fraction of sp³-hybridized carbons (Fsp3) is 0.211. The molecule has 0 heterocycles. The summed E-state index contributed by atoms with van der Waals surface area (Å²) < 4.78 is 17.9.